The third-order valence-electron chi connectivity index (χ3n) is 1.95. The van der Waals surface area contributed by atoms with Gasteiger partial charge in [0.25, 0.3) is 0 Å². The molecule has 13 heavy (non-hydrogen) atoms. The molecule has 0 aromatic rings. The Kier molecular flexibility index (Phi) is 5.17. The highest BCUT2D eigenvalue weighted by atomic mass is 32.2. The van der Waals surface area contributed by atoms with E-state index in [0.29, 0.717) is 0 Å². The average molecular weight is 205 g/mol. The molecular formula is C8H19N3OS. The molecule has 1 unspecified atom stereocenters. The van der Waals surface area contributed by atoms with Gasteiger partial charge < -0.3 is 16.3 Å². The maximum absolute atomic E-state index is 8.41. The zero-order valence-corrected chi connectivity index (χ0v) is 9.48. The topological polar surface area (TPSA) is 70.6 Å². The summed E-state index contributed by atoms with van der Waals surface area (Å²) >= 11 is 1.78. The summed E-state index contributed by atoms with van der Waals surface area (Å²) in [6, 6.07) is -0.0866. The highest BCUT2D eigenvalue weighted by Crippen LogP contribution is 2.19. The second kappa shape index (κ2) is 5.34. The van der Waals surface area contributed by atoms with Crippen molar-refractivity contribution in [3.05, 3.63) is 0 Å². The SMILES string of the molecule is CSC(C)(C)CNC(C)C(N)=NO. The summed E-state index contributed by atoms with van der Waals surface area (Å²) in [4.78, 5) is 0. The molecule has 0 aliphatic rings. The summed E-state index contributed by atoms with van der Waals surface area (Å²) in [5.41, 5.74) is 5.42. The van der Waals surface area contributed by atoms with Crippen LogP contribution in [0.25, 0.3) is 0 Å². The summed E-state index contributed by atoms with van der Waals surface area (Å²) in [5.74, 6) is 0.219. The number of nitrogens with zero attached hydrogens (tertiary/aromatic N) is 1. The van der Waals surface area contributed by atoms with Crippen molar-refractivity contribution in [2.24, 2.45) is 10.9 Å². The van der Waals surface area contributed by atoms with Gasteiger partial charge in [-0.15, -0.1) is 0 Å². The van der Waals surface area contributed by atoms with Crippen molar-refractivity contribution in [3.8, 4) is 0 Å². The largest absolute Gasteiger partial charge is 0.409 e. The van der Waals surface area contributed by atoms with Crippen LogP contribution in [0.5, 0.6) is 0 Å². The molecule has 0 rings (SSSR count). The summed E-state index contributed by atoms with van der Waals surface area (Å²) in [6.07, 6.45) is 2.07. The minimum Gasteiger partial charge on any atom is -0.409 e. The standard InChI is InChI=1S/C8H19N3OS/c1-6(7(9)11-12)10-5-8(2,3)13-4/h6,10,12H,5H2,1-4H3,(H2,9,11). The highest BCUT2D eigenvalue weighted by molar-refractivity contribution is 7.99. The molecule has 0 fully saturated rings. The summed E-state index contributed by atoms with van der Waals surface area (Å²) in [7, 11) is 0. The van der Waals surface area contributed by atoms with Gasteiger partial charge >= 0.3 is 0 Å². The summed E-state index contributed by atoms with van der Waals surface area (Å²) < 4.78 is 0.171. The normalized spacial score (nSPS) is 15.8. The average Bonchev–Trinajstić information content (AvgIpc) is 2.13. The van der Waals surface area contributed by atoms with Gasteiger partial charge in [-0.3, -0.25) is 0 Å². The first-order chi connectivity index (χ1) is 5.93. The first-order valence-electron chi connectivity index (χ1n) is 4.19. The number of hydrogen-bond donors (Lipinski definition) is 3. The van der Waals surface area contributed by atoms with Gasteiger partial charge in [-0.25, -0.2) is 0 Å². The van der Waals surface area contributed by atoms with E-state index in [9.17, 15) is 0 Å². The lowest BCUT2D eigenvalue weighted by molar-refractivity contribution is 0.315. The number of nitrogens with one attached hydrogen (secondary N) is 1. The Bertz CT molecular complexity index is 182. The van der Waals surface area contributed by atoms with Crippen LogP contribution >= 0.6 is 11.8 Å². The molecule has 4 N–H and O–H groups in total. The molecule has 0 aromatic heterocycles. The van der Waals surface area contributed by atoms with Gasteiger partial charge in [0.15, 0.2) is 5.84 Å². The molecule has 5 heteroatoms. The van der Waals surface area contributed by atoms with Crippen LogP contribution < -0.4 is 11.1 Å². The van der Waals surface area contributed by atoms with E-state index < -0.39 is 0 Å². The minimum atomic E-state index is -0.0866. The van der Waals surface area contributed by atoms with E-state index >= 15 is 0 Å². The smallest absolute Gasteiger partial charge is 0.156 e. The number of hydrogen-bond acceptors (Lipinski definition) is 4. The monoisotopic (exact) mass is 205 g/mol. The number of nitrogens with two attached hydrogens (primary N) is 1. The van der Waals surface area contributed by atoms with Crippen molar-refractivity contribution in [1.82, 2.24) is 5.32 Å². The van der Waals surface area contributed by atoms with Crippen molar-refractivity contribution in [3.63, 3.8) is 0 Å². The van der Waals surface area contributed by atoms with E-state index in [1.165, 1.54) is 0 Å². The van der Waals surface area contributed by atoms with Crippen molar-refractivity contribution >= 4 is 17.6 Å². The van der Waals surface area contributed by atoms with E-state index in [2.05, 4.69) is 30.6 Å². The Labute approximate surface area is 84.0 Å². The number of rotatable bonds is 5. The molecule has 0 saturated heterocycles. The number of oxime groups is 1. The van der Waals surface area contributed by atoms with Gasteiger partial charge in [-0.1, -0.05) is 5.16 Å². The van der Waals surface area contributed by atoms with Crippen molar-refractivity contribution in [2.45, 2.75) is 31.6 Å². The van der Waals surface area contributed by atoms with Gasteiger partial charge in [-0.05, 0) is 27.0 Å². The quantitative estimate of drug-likeness (QED) is 0.269. The van der Waals surface area contributed by atoms with Gasteiger partial charge in [-0.2, -0.15) is 11.8 Å². The van der Waals surface area contributed by atoms with Crippen LogP contribution in [-0.2, 0) is 0 Å². The predicted octanol–water partition coefficient (Wildman–Crippen LogP) is 0.853. The molecule has 0 spiro atoms. The minimum absolute atomic E-state index is 0.0866. The number of thioether (sulfide) groups is 1. The van der Waals surface area contributed by atoms with E-state index in [0.717, 1.165) is 6.54 Å². The maximum Gasteiger partial charge on any atom is 0.156 e. The molecule has 0 radical (unpaired) electrons. The third-order valence-corrected chi connectivity index (χ3v) is 3.20. The molecule has 0 aliphatic carbocycles. The highest BCUT2D eigenvalue weighted by Gasteiger charge is 2.17. The molecule has 0 saturated carbocycles. The lowest BCUT2D eigenvalue weighted by atomic mass is 10.2. The Hall–Kier alpha value is -0.420. The van der Waals surface area contributed by atoms with Gasteiger partial charge in [0, 0.05) is 11.3 Å². The molecule has 0 aromatic carbocycles. The zero-order valence-electron chi connectivity index (χ0n) is 8.66. The first-order valence-corrected chi connectivity index (χ1v) is 5.41. The van der Waals surface area contributed by atoms with Crippen molar-refractivity contribution in [1.29, 1.82) is 0 Å². The zero-order chi connectivity index (χ0) is 10.5. The van der Waals surface area contributed by atoms with Gasteiger partial charge in [0.05, 0.1) is 6.04 Å². The second-order valence-electron chi connectivity index (χ2n) is 3.59. The third kappa shape index (κ3) is 5.00. The molecule has 0 aliphatic heterocycles. The van der Waals surface area contributed by atoms with E-state index in [-0.39, 0.29) is 16.6 Å². The molecule has 4 nitrogen and oxygen atoms in total. The van der Waals surface area contributed by atoms with Crippen LogP contribution in [-0.4, -0.2) is 34.6 Å². The Morgan fingerprint density at radius 2 is 2.23 bits per heavy atom. The second-order valence-corrected chi connectivity index (χ2v) is 5.10. The lowest BCUT2D eigenvalue weighted by Crippen LogP contribution is -2.44. The molecular weight excluding hydrogens is 186 g/mol. The fraction of sp³-hybridized carbons (Fsp3) is 0.875. The van der Waals surface area contributed by atoms with Gasteiger partial charge in [0.2, 0.25) is 0 Å². The van der Waals surface area contributed by atoms with Crippen LogP contribution in [0.15, 0.2) is 5.16 Å². The molecule has 0 amide bonds. The van der Waals surface area contributed by atoms with Crippen LogP contribution in [0.3, 0.4) is 0 Å². The fourth-order valence-corrected chi connectivity index (χ4v) is 0.890. The van der Waals surface area contributed by atoms with E-state index in [1.54, 1.807) is 11.8 Å². The first kappa shape index (κ1) is 12.6. The summed E-state index contributed by atoms with van der Waals surface area (Å²) in [6.45, 7) is 6.98. The fourth-order valence-electron chi connectivity index (χ4n) is 0.662. The molecule has 78 valence electrons. The van der Waals surface area contributed by atoms with E-state index in [4.69, 9.17) is 10.9 Å². The van der Waals surface area contributed by atoms with Crippen LogP contribution in [0, 0.1) is 0 Å². The van der Waals surface area contributed by atoms with Crippen molar-refractivity contribution < 1.29 is 5.21 Å². The van der Waals surface area contributed by atoms with Gasteiger partial charge in [0.1, 0.15) is 0 Å². The number of amidine groups is 1. The Morgan fingerprint density at radius 1 is 1.69 bits per heavy atom. The lowest BCUT2D eigenvalue weighted by Gasteiger charge is -2.24. The van der Waals surface area contributed by atoms with Crippen LogP contribution in [0.2, 0.25) is 0 Å². The predicted molar refractivity (Wildman–Crippen MR) is 58.5 cm³/mol. The Morgan fingerprint density at radius 3 is 2.62 bits per heavy atom. The van der Waals surface area contributed by atoms with Crippen LogP contribution in [0.4, 0.5) is 0 Å². The van der Waals surface area contributed by atoms with E-state index in [1.807, 2.05) is 6.92 Å². The van der Waals surface area contributed by atoms with Crippen LogP contribution in [0.1, 0.15) is 20.8 Å². The molecule has 0 heterocycles. The summed E-state index contributed by atoms with van der Waals surface area (Å²) in [5, 5.41) is 14.5. The Balaban J connectivity index is 3.89. The molecule has 0 bridgehead atoms. The van der Waals surface area contributed by atoms with Crippen molar-refractivity contribution in [2.75, 3.05) is 12.8 Å². The maximum atomic E-state index is 8.41. The molecule has 1 atom stereocenters.